The Balaban J connectivity index is 1.48. The number of aryl methyl sites for hydroxylation is 1. The average molecular weight is 467 g/mol. The van der Waals surface area contributed by atoms with E-state index in [-0.39, 0.29) is 22.6 Å². The molecule has 0 radical (unpaired) electrons. The van der Waals surface area contributed by atoms with Crippen LogP contribution in [0, 0.1) is 36.1 Å². The summed E-state index contributed by atoms with van der Waals surface area (Å²) in [5, 5.41) is 0. The van der Waals surface area contributed by atoms with Crippen molar-refractivity contribution >= 4 is 12.2 Å². The third kappa shape index (κ3) is 5.11. The van der Waals surface area contributed by atoms with E-state index in [1.165, 1.54) is 19.8 Å². The highest BCUT2D eigenvalue weighted by Crippen LogP contribution is 2.39. The molecular formula is C30H30F4. The lowest BCUT2D eigenvalue weighted by Gasteiger charge is -2.29. The summed E-state index contributed by atoms with van der Waals surface area (Å²) in [6.07, 6.45) is 9.59. The first kappa shape index (κ1) is 24.3. The van der Waals surface area contributed by atoms with Crippen LogP contribution in [0.1, 0.15) is 73.6 Å². The molecule has 34 heavy (non-hydrogen) atoms. The number of rotatable bonds is 6. The molecule has 0 aromatic heterocycles. The molecule has 4 heteroatoms. The minimum atomic E-state index is -0.875. The van der Waals surface area contributed by atoms with Crippen LogP contribution in [-0.4, -0.2) is 0 Å². The van der Waals surface area contributed by atoms with Gasteiger partial charge >= 0.3 is 0 Å². The molecule has 0 N–H and O–H groups in total. The van der Waals surface area contributed by atoms with Crippen molar-refractivity contribution in [2.45, 2.75) is 58.3 Å². The van der Waals surface area contributed by atoms with Crippen molar-refractivity contribution < 1.29 is 17.6 Å². The Morgan fingerprint density at radius 1 is 0.735 bits per heavy atom. The normalized spacial score (nSPS) is 18.5. The monoisotopic (exact) mass is 466 g/mol. The van der Waals surface area contributed by atoms with E-state index in [1.54, 1.807) is 60.7 Å². The molecule has 0 unspecified atom stereocenters. The number of halogens is 4. The van der Waals surface area contributed by atoms with E-state index in [4.69, 9.17) is 0 Å². The SMILES string of the molecule is CCCC1CCC(c2ccc(/C=C/c3ccc(-c4ccc(C)c(F)c4F)cc3)c(F)c2F)CC1. The van der Waals surface area contributed by atoms with Crippen molar-refractivity contribution in [2.75, 3.05) is 0 Å². The second kappa shape index (κ2) is 10.6. The van der Waals surface area contributed by atoms with Gasteiger partial charge < -0.3 is 0 Å². The van der Waals surface area contributed by atoms with Gasteiger partial charge in [-0.2, -0.15) is 0 Å². The summed E-state index contributed by atoms with van der Waals surface area (Å²) < 4.78 is 57.8. The summed E-state index contributed by atoms with van der Waals surface area (Å²) in [5.74, 6) is -2.49. The maximum Gasteiger partial charge on any atom is 0.166 e. The summed E-state index contributed by atoms with van der Waals surface area (Å²) in [5.41, 5.74) is 2.41. The second-order valence-corrected chi connectivity index (χ2v) is 9.39. The maximum atomic E-state index is 14.9. The molecule has 0 nitrogen and oxygen atoms in total. The maximum absolute atomic E-state index is 14.9. The van der Waals surface area contributed by atoms with Crippen LogP contribution >= 0.6 is 0 Å². The molecule has 0 amide bonds. The van der Waals surface area contributed by atoms with Crippen LogP contribution < -0.4 is 0 Å². The molecule has 4 rings (SSSR count). The lowest BCUT2D eigenvalue weighted by Crippen LogP contribution is -2.15. The lowest BCUT2D eigenvalue weighted by atomic mass is 9.77. The van der Waals surface area contributed by atoms with Crippen molar-refractivity contribution in [3.8, 4) is 11.1 Å². The van der Waals surface area contributed by atoms with Crippen molar-refractivity contribution in [3.63, 3.8) is 0 Å². The van der Waals surface area contributed by atoms with Crippen LogP contribution in [0.2, 0.25) is 0 Å². The molecular weight excluding hydrogens is 436 g/mol. The molecule has 0 aliphatic heterocycles. The highest BCUT2D eigenvalue weighted by Gasteiger charge is 2.25. The fraction of sp³-hybridized carbons (Fsp3) is 0.333. The van der Waals surface area contributed by atoms with Gasteiger partial charge in [0.2, 0.25) is 0 Å². The number of benzene rings is 3. The third-order valence-corrected chi connectivity index (χ3v) is 7.08. The van der Waals surface area contributed by atoms with Gasteiger partial charge in [-0.05, 0) is 66.7 Å². The molecule has 0 heterocycles. The van der Waals surface area contributed by atoms with E-state index in [1.807, 2.05) is 0 Å². The summed E-state index contributed by atoms with van der Waals surface area (Å²) >= 11 is 0. The van der Waals surface area contributed by atoms with E-state index in [2.05, 4.69) is 6.92 Å². The van der Waals surface area contributed by atoms with Crippen LogP contribution in [0.3, 0.4) is 0 Å². The Morgan fingerprint density at radius 2 is 1.44 bits per heavy atom. The van der Waals surface area contributed by atoms with Gasteiger partial charge in [-0.3, -0.25) is 0 Å². The highest BCUT2D eigenvalue weighted by atomic mass is 19.2. The Morgan fingerprint density at radius 3 is 2.12 bits per heavy atom. The smallest absolute Gasteiger partial charge is 0.166 e. The predicted molar refractivity (Wildman–Crippen MR) is 131 cm³/mol. The molecule has 0 bridgehead atoms. The van der Waals surface area contributed by atoms with E-state index in [0.717, 1.165) is 31.2 Å². The van der Waals surface area contributed by atoms with Crippen LogP contribution in [0.15, 0.2) is 48.5 Å². The molecule has 0 saturated heterocycles. The number of hydrogen-bond acceptors (Lipinski definition) is 0. The Kier molecular flexibility index (Phi) is 7.55. The zero-order valence-electron chi connectivity index (χ0n) is 19.7. The average Bonchev–Trinajstić information content (AvgIpc) is 2.85. The predicted octanol–water partition coefficient (Wildman–Crippen LogP) is 9.46. The zero-order chi connectivity index (χ0) is 24.2. The highest BCUT2D eigenvalue weighted by molar-refractivity contribution is 5.72. The molecule has 1 fully saturated rings. The first-order valence-corrected chi connectivity index (χ1v) is 12.1. The van der Waals surface area contributed by atoms with Gasteiger partial charge in [0.05, 0.1) is 0 Å². The lowest BCUT2D eigenvalue weighted by molar-refractivity contribution is 0.303. The van der Waals surface area contributed by atoms with E-state index < -0.39 is 23.3 Å². The summed E-state index contributed by atoms with van der Waals surface area (Å²) in [7, 11) is 0. The minimum absolute atomic E-state index is 0.0835. The third-order valence-electron chi connectivity index (χ3n) is 7.08. The summed E-state index contributed by atoms with van der Waals surface area (Å²) in [6.45, 7) is 3.70. The minimum Gasteiger partial charge on any atom is -0.203 e. The van der Waals surface area contributed by atoms with Gasteiger partial charge in [0.25, 0.3) is 0 Å². The first-order valence-electron chi connectivity index (χ1n) is 12.1. The quantitative estimate of drug-likeness (QED) is 0.251. The van der Waals surface area contributed by atoms with Gasteiger partial charge in [0, 0.05) is 11.1 Å². The van der Waals surface area contributed by atoms with Crippen LogP contribution in [0.5, 0.6) is 0 Å². The van der Waals surface area contributed by atoms with Gasteiger partial charge in [0.1, 0.15) is 0 Å². The summed E-state index contributed by atoms with van der Waals surface area (Å²) in [6, 6.07) is 13.3. The topological polar surface area (TPSA) is 0 Å². The van der Waals surface area contributed by atoms with Crippen LogP contribution in [-0.2, 0) is 0 Å². The number of hydrogen-bond donors (Lipinski definition) is 0. The zero-order valence-corrected chi connectivity index (χ0v) is 19.7. The standard InChI is InChI=1S/C30H30F4/c1-3-4-20-6-11-23(12-7-20)26-18-16-24(28(32)30(26)34)15-10-21-8-13-22(14-9-21)25-17-5-19(2)27(31)29(25)33/h5,8-10,13-18,20,23H,3-4,6-7,11-12H2,1-2H3/b15-10+. The van der Waals surface area contributed by atoms with E-state index >= 15 is 0 Å². The van der Waals surface area contributed by atoms with Gasteiger partial charge in [-0.25, -0.2) is 17.6 Å². The second-order valence-electron chi connectivity index (χ2n) is 9.39. The van der Waals surface area contributed by atoms with Gasteiger partial charge in [-0.15, -0.1) is 0 Å². The molecule has 3 aromatic rings. The Hall–Kier alpha value is -2.88. The molecule has 178 valence electrons. The fourth-order valence-corrected chi connectivity index (χ4v) is 5.02. The molecule has 3 aromatic carbocycles. The largest absolute Gasteiger partial charge is 0.203 e. The Bertz CT molecular complexity index is 1170. The molecule has 1 aliphatic rings. The fourth-order valence-electron chi connectivity index (χ4n) is 5.02. The van der Waals surface area contributed by atoms with Crippen LogP contribution in [0.25, 0.3) is 23.3 Å². The Labute approximate surface area is 199 Å². The van der Waals surface area contributed by atoms with Crippen LogP contribution in [0.4, 0.5) is 17.6 Å². The molecule has 1 aliphatic carbocycles. The van der Waals surface area contributed by atoms with Gasteiger partial charge in [0.15, 0.2) is 23.3 Å². The van der Waals surface area contributed by atoms with Crippen molar-refractivity contribution in [2.24, 2.45) is 5.92 Å². The summed E-state index contributed by atoms with van der Waals surface area (Å²) in [4.78, 5) is 0. The van der Waals surface area contributed by atoms with E-state index in [0.29, 0.717) is 17.0 Å². The molecule has 0 atom stereocenters. The van der Waals surface area contributed by atoms with Crippen molar-refractivity contribution in [3.05, 3.63) is 94.1 Å². The van der Waals surface area contributed by atoms with Crippen molar-refractivity contribution in [1.29, 1.82) is 0 Å². The molecule has 0 spiro atoms. The first-order chi connectivity index (χ1) is 16.4. The van der Waals surface area contributed by atoms with Crippen molar-refractivity contribution in [1.82, 2.24) is 0 Å². The van der Waals surface area contributed by atoms with E-state index in [9.17, 15) is 17.6 Å². The van der Waals surface area contributed by atoms with Gasteiger partial charge in [-0.1, -0.05) is 80.4 Å². The molecule has 1 saturated carbocycles.